The molecule has 3 aromatic carbocycles. The molecule has 0 aliphatic heterocycles. The number of benzene rings is 3. The van der Waals surface area contributed by atoms with Gasteiger partial charge in [-0.25, -0.2) is 0 Å². The Balaban J connectivity index is 1.39. The van der Waals surface area contributed by atoms with Crippen molar-refractivity contribution in [1.82, 2.24) is 0 Å². The largest absolute Gasteiger partial charge is 0.0654 e. The second-order valence-electron chi connectivity index (χ2n) is 9.73. The van der Waals surface area contributed by atoms with Crippen LogP contribution in [0.3, 0.4) is 0 Å². The normalized spacial score (nSPS) is 18.3. The Hall–Kier alpha value is -2.52. The Labute approximate surface area is 195 Å². The predicted octanol–water partition coefficient (Wildman–Crippen LogP) is 9.05. The van der Waals surface area contributed by atoms with Gasteiger partial charge in [0.05, 0.1) is 0 Å². The Bertz CT molecular complexity index is 1050. The summed E-state index contributed by atoms with van der Waals surface area (Å²) in [6, 6.07) is 22.5. The van der Waals surface area contributed by atoms with E-state index in [0.717, 1.165) is 23.0 Å². The van der Waals surface area contributed by atoms with Crippen LogP contribution < -0.4 is 0 Å². The molecule has 1 fully saturated rings. The van der Waals surface area contributed by atoms with Crippen LogP contribution in [0.15, 0.2) is 60.7 Å². The van der Waals surface area contributed by atoms with Crippen LogP contribution in [-0.2, 0) is 6.42 Å². The van der Waals surface area contributed by atoms with E-state index < -0.39 is 0 Å². The van der Waals surface area contributed by atoms with Gasteiger partial charge < -0.3 is 0 Å². The van der Waals surface area contributed by atoms with Crippen molar-refractivity contribution in [3.8, 4) is 11.8 Å². The number of rotatable bonds is 7. The van der Waals surface area contributed by atoms with Gasteiger partial charge in [-0.15, -0.1) is 0 Å². The van der Waals surface area contributed by atoms with E-state index in [2.05, 4.69) is 86.4 Å². The van der Waals surface area contributed by atoms with E-state index in [9.17, 15) is 0 Å². The summed E-state index contributed by atoms with van der Waals surface area (Å²) < 4.78 is 0. The molecule has 0 N–H and O–H groups in total. The molecule has 166 valence electrons. The summed E-state index contributed by atoms with van der Waals surface area (Å²) in [6.45, 7) is 4.57. The summed E-state index contributed by atoms with van der Waals surface area (Å²) in [6.07, 6.45) is 13.3. The highest BCUT2D eigenvalue weighted by molar-refractivity contribution is 5.84. The van der Waals surface area contributed by atoms with E-state index in [-0.39, 0.29) is 0 Å². The van der Waals surface area contributed by atoms with E-state index in [1.807, 2.05) is 0 Å². The minimum atomic E-state index is 0.748. The van der Waals surface area contributed by atoms with Gasteiger partial charge in [-0.3, -0.25) is 0 Å². The molecular weight excluding hydrogens is 384 g/mol. The van der Waals surface area contributed by atoms with Gasteiger partial charge in [-0.2, -0.15) is 0 Å². The zero-order valence-corrected chi connectivity index (χ0v) is 20.0. The van der Waals surface area contributed by atoms with Crippen molar-refractivity contribution in [2.24, 2.45) is 5.92 Å². The number of hydrogen-bond donors (Lipinski definition) is 0. The van der Waals surface area contributed by atoms with Crippen LogP contribution in [0.25, 0.3) is 10.8 Å². The highest BCUT2D eigenvalue weighted by Crippen LogP contribution is 2.37. The van der Waals surface area contributed by atoms with Crippen LogP contribution in [-0.4, -0.2) is 0 Å². The molecule has 0 heterocycles. The maximum Gasteiger partial charge on any atom is 0.0255 e. The van der Waals surface area contributed by atoms with E-state index in [1.54, 1.807) is 0 Å². The van der Waals surface area contributed by atoms with E-state index >= 15 is 0 Å². The summed E-state index contributed by atoms with van der Waals surface area (Å²) in [5.41, 5.74) is 5.16. The summed E-state index contributed by atoms with van der Waals surface area (Å²) in [4.78, 5) is 0. The van der Waals surface area contributed by atoms with Crippen LogP contribution >= 0.6 is 0 Å². The van der Waals surface area contributed by atoms with Crippen molar-refractivity contribution in [1.29, 1.82) is 0 Å². The Kier molecular flexibility index (Phi) is 8.06. The first-order valence-corrected chi connectivity index (χ1v) is 12.9. The summed E-state index contributed by atoms with van der Waals surface area (Å²) in [5.74, 6) is 8.47. The van der Waals surface area contributed by atoms with Gasteiger partial charge in [0.2, 0.25) is 0 Å². The molecule has 0 saturated heterocycles. The second-order valence-corrected chi connectivity index (χ2v) is 9.73. The maximum atomic E-state index is 3.38. The molecule has 0 amide bonds. The van der Waals surface area contributed by atoms with E-state index in [0.29, 0.717) is 0 Å². The first kappa shape index (κ1) is 22.7. The molecule has 0 bridgehead atoms. The Morgan fingerprint density at radius 3 is 2.12 bits per heavy atom. The summed E-state index contributed by atoms with van der Waals surface area (Å²) in [7, 11) is 0. The van der Waals surface area contributed by atoms with E-state index in [1.165, 1.54) is 86.1 Å². The van der Waals surface area contributed by atoms with Crippen molar-refractivity contribution in [2.75, 3.05) is 0 Å². The number of hydrogen-bond acceptors (Lipinski definition) is 0. The first-order chi connectivity index (χ1) is 15.7. The fraction of sp³-hybridized carbons (Fsp3) is 0.438. The van der Waals surface area contributed by atoms with Crippen molar-refractivity contribution in [3.63, 3.8) is 0 Å². The molecule has 3 aromatic rings. The lowest BCUT2D eigenvalue weighted by Crippen LogP contribution is -2.13. The van der Waals surface area contributed by atoms with Crippen LogP contribution in [0.1, 0.15) is 99.8 Å². The fourth-order valence-corrected chi connectivity index (χ4v) is 5.28. The number of fused-ring (bicyclic) bond motifs is 1. The van der Waals surface area contributed by atoms with Crippen molar-refractivity contribution >= 4 is 10.8 Å². The van der Waals surface area contributed by atoms with Crippen molar-refractivity contribution in [3.05, 3.63) is 82.9 Å². The van der Waals surface area contributed by atoms with Gasteiger partial charge in [0, 0.05) is 11.1 Å². The minimum Gasteiger partial charge on any atom is -0.0654 e. The molecule has 0 atom stereocenters. The van der Waals surface area contributed by atoms with Gasteiger partial charge in [-0.05, 0) is 96.5 Å². The Morgan fingerprint density at radius 2 is 1.38 bits per heavy atom. The molecule has 0 aromatic heterocycles. The molecule has 1 aliphatic rings. The molecule has 1 aliphatic carbocycles. The smallest absolute Gasteiger partial charge is 0.0255 e. The van der Waals surface area contributed by atoms with Crippen molar-refractivity contribution < 1.29 is 0 Å². The molecule has 1 saturated carbocycles. The zero-order valence-electron chi connectivity index (χ0n) is 20.0. The third-order valence-electron chi connectivity index (χ3n) is 7.25. The molecular formula is C32H38. The summed E-state index contributed by atoms with van der Waals surface area (Å²) in [5, 5.41) is 2.60. The maximum absolute atomic E-state index is 3.38. The zero-order chi connectivity index (χ0) is 22.2. The third-order valence-corrected chi connectivity index (χ3v) is 7.25. The van der Waals surface area contributed by atoms with Gasteiger partial charge in [0.25, 0.3) is 0 Å². The third kappa shape index (κ3) is 6.04. The van der Waals surface area contributed by atoms with Crippen LogP contribution in [0.5, 0.6) is 0 Å². The fourth-order valence-electron chi connectivity index (χ4n) is 5.28. The average Bonchev–Trinajstić information content (AvgIpc) is 2.84. The molecule has 0 radical (unpaired) electrons. The van der Waals surface area contributed by atoms with Gasteiger partial charge in [0.15, 0.2) is 0 Å². The molecule has 32 heavy (non-hydrogen) atoms. The van der Waals surface area contributed by atoms with Gasteiger partial charge >= 0.3 is 0 Å². The molecule has 4 rings (SSSR count). The molecule has 0 spiro atoms. The van der Waals surface area contributed by atoms with Gasteiger partial charge in [-0.1, -0.05) is 87.8 Å². The quantitative estimate of drug-likeness (QED) is 0.263. The molecule has 0 heteroatoms. The average molecular weight is 423 g/mol. The predicted molar refractivity (Wildman–Crippen MR) is 139 cm³/mol. The van der Waals surface area contributed by atoms with Gasteiger partial charge in [0.1, 0.15) is 0 Å². The topological polar surface area (TPSA) is 0 Å². The Morgan fingerprint density at radius 1 is 0.688 bits per heavy atom. The van der Waals surface area contributed by atoms with Crippen LogP contribution in [0, 0.1) is 17.8 Å². The first-order valence-electron chi connectivity index (χ1n) is 12.9. The van der Waals surface area contributed by atoms with E-state index in [4.69, 9.17) is 0 Å². The highest BCUT2D eigenvalue weighted by Gasteiger charge is 2.21. The lowest BCUT2D eigenvalue weighted by atomic mass is 9.77. The lowest BCUT2D eigenvalue weighted by molar-refractivity contribution is 0.308. The number of aryl methyl sites for hydroxylation is 1. The number of unbranched alkanes of at least 4 members (excludes halogenated alkanes) is 2. The molecule has 0 unspecified atom stereocenters. The van der Waals surface area contributed by atoms with Crippen molar-refractivity contribution in [2.45, 2.75) is 84.0 Å². The molecule has 0 nitrogen and oxygen atoms in total. The second kappa shape index (κ2) is 11.4. The van der Waals surface area contributed by atoms with Crippen LogP contribution in [0.2, 0.25) is 0 Å². The highest BCUT2D eigenvalue weighted by atomic mass is 14.3. The monoisotopic (exact) mass is 422 g/mol. The SMILES string of the molecule is CCCCCc1ccc2cc(C#Cc3ccc([C@H]4CC[C@H](CCC)CC4)cc3)ccc2c1. The standard InChI is InChI=1S/C32H38/c1-3-5-6-8-27-15-21-32-24-28(16-22-31(32)23-27)10-9-26-13-19-30(20-14-26)29-17-11-25(7-4-2)12-18-29/h13-16,19-25,29H,3-8,11-12,17-18H2,1-2H3/t25-,29-. The lowest BCUT2D eigenvalue weighted by Gasteiger charge is -2.28. The summed E-state index contributed by atoms with van der Waals surface area (Å²) >= 11 is 0. The van der Waals surface area contributed by atoms with Crippen LogP contribution in [0.4, 0.5) is 0 Å². The minimum absolute atomic E-state index is 0.748.